The van der Waals surface area contributed by atoms with Crippen LogP contribution in [-0.4, -0.2) is 24.7 Å². The smallest absolute Gasteiger partial charge is 0.220 e. The van der Waals surface area contributed by atoms with E-state index < -0.39 is 6.10 Å². The van der Waals surface area contributed by atoms with E-state index in [4.69, 9.17) is 10.5 Å². The zero-order chi connectivity index (χ0) is 16.7. The van der Waals surface area contributed by atoms with Crippen LogP contribution in [0.4, 0.5) is 5.69 Å². The number of aliphatic hydroxyl groups is 1. The number of ether oxygens (including phenoxy) is 1. The maximum atomic E-state index is 11.9. The van der Waals surface area contributed by atoms with Gasteiger partial charge in [0.1, 0.15) is 5.75 Å². The van der Waals surface area contributed by atoms with Crippen LogP contribution in [0.5, 0.6) is 5.75 Å². The number of para-hydroxylation sites is 2. The molecule has 0 bridgehead atoms. The Labute approximate surface area is 148 Å². The molecule has 0 aliphatic heterocycles. The third-order valence-electron chi connectivity index (χ3n) is 3.67. The van der Waals surface area contributed by atoms with E-state index in [1.165, 1.54) is 0 Å². The summed E-state index contributed by atoms with van der Waals surface area (Å²) in [6, 6.07) is 14.7. The van der Waals surface area contributed by atoms with Crippen molar-refractivity contribution in [2.75, 3.05) is 19.4 Å². The predicted octanol–water partition coefficient (Wildman–Crippen LogP) is 2.48. The van der Waals surface area contributed by atoms with E-state index in [9.17, 15) is 9.90 Å². The van der Waals surface area contributed by atoms with Crippen LogP contribution >= 0.6 is 12.4 Å². The van der Waals surface area contributed by atoms with E-state index >= 15 is 0 Å². The fourth-order valence-corrected chi connectivity index (χ4v) is 2.36. The normalized spacial score (nSPS) is 11.2. The van der Waals surface area contributed by atoms with Crippen molar-refractivity contribution in [1.29, 1.82) is 0 Å². The van der Waals surface area contributed by atoms with E-state index in [0.29, 0.717) is 29.8 Å². The van der Waals surface area contributed by atoms with Crippen molar-refractivity contribution in [2.24, 2.45) is 0 Å². The minimum Gasteiger partial charge on any atom is -0.496 e. The summed E-state index contributed by atoms with van der Waals surface area (Å²) in [5, 5.41) is 12.9. The average Bonchev–Trinajstić information content (AvgIpc) is 2.58. The van der Waals surface area contributed by atoms with Gasteiger partial charge in [0.05, 0.1) is 13.2 Å². The van der Waals surface area contributed by atoms with Crippen molar-refractivity contribution < 1.29 is 14.6 Å². The molecule has 0 aromatic heterocycles. The Morgan fingerprint density at radius 3 is 2.58 bits per heavy atom. The zero-order valence-corrected chi connectivity index (χ0v) is 14.4. The largest absolute Gasteiger partial charge is 0.496 e. The Hall–Kier alpha value is -2.24. The first-order valence-electron chi connectivity index (χ1n) is 7.53. The number of amides is 1. The van der Waals surface area contributed by atoms with Crippen LogP contribution in [0.1, 0.15) is 23.7 Å². The number of carbonyl (C=O) groups excluding carboxylic acids is 1. The van der Waals surface area contributed by atoms with E-state index in [1.807, 2.05) is 36.4 Å². The fourth-order valence-electron chi connectivity index (χ4n) is 2.36. The van der Waals surface area contributed by atoms with Crippen molar-refractivity contribution in [2.45, 2.75) is 18.9 Å². The second-order valence-electron chi connectivity index (χ2n) is 5.26. The van der Waals surface area contributed by atoms with E-state index in [-0.39, 0.29) is 24.9 Å². The third kappa shape index (κ3) is 5.44. The molecule has 2 aromatic carbocycles. The molecule has 0 radical (unpaired) electrons. The van der Waals surface area contributed by atoms with Crippen molar-refractivity contribution in [3.8, 4) is 5.75 Å². The van der Waals surface area contributed by atoms with E-state index in [0.717, 1.165) is 5.56 Å². The Bertz CT molecular complexity index is 664. The number of methoxy groups -OCH3 is 1. The van der Waals surface area contributed by atoms with Gasteiger partial charge in [-0.15, -0.1) is 12.4 Å². The summed E-state index contributed by atoms with van der Waals surface area (Å²) in [7, 11) is 1.55. The van der Waals surface area contributed by atoms with Crippen LogP contribution < -0.4 is 15.8 Å². The van der Waals surface area contributed by atoms with Crippen LogP contribution in [0.2, 0.25) is 0 Å². The molecule has 0 saturated heterocycles. The van der Waals surface area contributed by atoms with Crippen molar-refractivity contribution in [3.63, 3.8) is 0 Å². The summed E-state index contributed by atoms with van der Waals surface area (Å²) < 4.78 is 5.21. The molecule has 0 saturated carbocycles. The number of aryl methyl sites for hydroxylation is 1. The molecule has 1 unspecified atom stereocenters. The van der Waals surface area contributed by atoms with E-state index in [1.54, 1.807) is 19.2 Å². The average molecular weight is 351 g/mol. The molecular weight excluding hydrogens is 328 g/mol. The summed E-state index contributed by atoms with van der Waals surface area (Å²) in [6.07, 6.45) is 0.0905. The highest BCUT2D eigenvalue weighted by atomic mass is 35.5. The zero-order valence-electron chi connectivity index (χ0n) is 13.6. The maximum absolute atomic E-state index is 11.9. The minimum atomic E-state index is -0.808. The number of halogens is 1. The third-order valence-corrected chi connectivity index (χ3v) is 3.67. The Morgan fingerprint density at radius 2 is 1.88 bits per heavy atom. The molecule has 2 aromatic rings. The van der Waals surface area contributed by atoms with Crippen LogP contribution in [0.15, 0.2) is 48.5 Å². The molecule has 0 aliphatic rings. The molecule has 130 valence electrons. The van der Waals surface area contributed by atoms with Gasteiger partial charge in [-0.1, -0.05) is 36.4 Å². The summed E-state index contributed by atoms with van der Waals surface area (Å²) >= 11 is 0. The molecule has 0 heterocycles. The highest BCUT2D eigenvalue weighted by molar-refractivity contribution is 5.85. The SMILES string of the molecule is COc1ccccc1C(O)CNC(=O)CCc1ccccc1N.Cl. The van der Waals surface area contributed by atoms with Crippen LogP contribution in [-0.2, 0) is 11.2 Å². The van der Waals surface area contributed by atoms with Crippen LogP contribution in [0.25, 0.3) is 0 Å². The number of hydrogen-bond donors (Lipinski definition) is 3. The molecule has 0 spiro atoms. The monoisotopic (exact) mass is 350 g/mol. The number of rotatable bonds is 7. The predicted molar refractivity (Wildman–Crippen MR) is 97.4 cm³/mol. The van der Waals surface area contributed by atoms with Crippen molar-refractivity contribution in [3.05, 3.63) is 59.7 Å². The quantitative estimate of drug-likeness (QED) is 0.670. The molecule has 4 N–H and O–H groups in total. The van der Waals surface area contributed by atoms with E-state index in [2.05, 4.69) is 5.32 Å². The lowest BCUT2D eigenvalue weighted by molar-refractivity contribution is -0.121. The molecule has 2 rings (SSSR count). The van der Waals surface area contributed by atoms with Crippen LogP contribution in [0.3, 0.4) is 0 Å². The topological polar surface area (TPSA) is 84.6 Å². The lowest BCUT2D eigenvalue weighted by Gasteiger charge is -2.15. The van der Waals surface area contributed by atoms with Gasteiger partial charge >= 0.3 is 0 Å². The van der Waals surface area contributed by atoms with Gasteiger partial charge in [0.25, 0.3) is 0 Å². The van der Waals surface area contributed by atoms with Gasteiger partial charge in [0, 0.05) is 24.2 Å². The van der Waals surface area contributed by atoms with Gasteiger partial charge in [-0.3, -0.25) is 4.79 Å². The molecular formula is C18H23ClN2O3. The van der Waals surface area contributed by atoms with Crippen LogP contribution in [0, 0.1) is 0 Å². The standard InChI is InChI=1S/C18H22N2O3.ClH/c1-23-17-9-5-3-7-14(17)16(21)12-20-18(22)11-10-13-6-2-4-8-15(13)19;/h2-9,16,21H,10-12,19H2,1H3,(H,20,22);1H. The van der Waals surface area contributed by atoms with Gasteiger partial charge in [-0.25, -0.2) is 0 Å². The number of benzene rings is 2. The number of nitrogens with two attached hydrogens (primary N) is 1. The Balaban J connectivity index is 0.00000288. The second-order valence-corrected chi connectivity index (χ2v) is 5.26. The summed E-state index contributed by atoms with van der Waals surface area (Å²) in [5.74, 6) is 0.480. The summed E-state index contributed by atoms with van der Waals surface area (Å²) in [6.45, 7) is 0.142. The highest BCUT2D eigenvalue weighted by Crippen LogP contribution is 2.24. The molecule has 0 fully saturated rings. The van der Waals surface area contributed by atoms with Gasteiger partial charge in [0.2, 0.25) is 5.91 Å². The number of nitrogens with one attached hydrogen (secondary N) is 1. The number of anilines is 1. The second kappa shape index (κ2) is 9.80. The Kier molecular flexibility index (Phi) is 8.09. The molecule has 24 heavy (non-hydrogen) atoms. The molecule has 1 amide bonds. The molecule has 6 heteroatoms. The first-order valence-corrected chi connectivity index (χ1v) is 7.53. The van der Waals surface area contributed by atoms with Crippen molar-refractivity contribution in [1.82, 2.24) is 5.32 Å². The molecule has 5 nitrogen and oxygen atoms in total. The maximum Gasteiger partial charge on any atom is 0.220 e. The molecule has 1 atom stereocenters. The molecule has 0 aliphatic carbocycles. The lowest BCUT2D eigenvalue weighted by Crippen LogP contribution is -2.28. The van der Waals surface area contributed by atoms with Gasteiger partial charge in [-0.05, 0) is 24.1 Å². The van der Waals surface area contributed by atoms with Gasteiger partial charge in [-0.2, -0.15) is 0 Å². The lowest BCUT2D eigenvalue weighted by atomic mass is 10.1. The first kappa shape index (κ1) is 19.8. The summed E-state index contributed by atoms with van der Waals surface area (Å²) in [5.41, 5.74) is 8.15. The summed E-state index contributed by atoms with van der Waals surface area (Å²) in [4.78, 5) is 11.9. The highest BCUT2D eigenvalue weighted by Gasteiger charge is 2.14. The minimum absolute atomic E-state index is 0. The number of hydrogen-bond acceptors (Lipinski definition) is 4. The number of nitrogen functional groups attached to an aromatic ring is 1. The fraction of sp³-hybridized carbons (Fsp3) is 0.278. The van der Waals surface area contributed by atoms with Gasteiger partial charge in [0.15, 0.2) is 0 Å². The number of aliphatic hydroxyl groups excluding tert-OH is 1. The van der Waals surface area contributed by atoms with Gasteiger partial charge < -0.3 is 20.9 Å². The first-order chi connectivity index (χ1) is 11.1. The number of carbonyl (C=O) groups is 1. The van der Waals surface area contributed by atoms with Crippen molar-refractivity contribution >= 4 is 24.0 Å². The Morgan fingerprint density at radius 1 is 1.21 bits per heavy atom.